The molecular formula is C42H53FN8O6S. The Kier molecular flexibility index (Phi) is 12.8. The number of H-pyrrole nitrogens is 2. The first-order valence-electron chi connectivity index (χ1n) is 19.5. The lowest BCUT2D eigenvalue weighted by atomic mass is 9.85. The molecule has 2 saturated heterocycles. The Morgan fingerprint density at radius 3 is 2.02 bits per heavy atom. The molecule has 4 aromatic rings. The molecule has 14 nitrogen and oxygen atoms in total. The van der Waals surface area contributed by atoms with Gasteiger partial charge < -0.3 is 39.9 Å². The lowest BCUT2D eigenvalue weighted by Crippen LogP contribution is -2.54. The predicted molar refractivity (Wildman–Crippen MR) is 220 cm³/mol. The lowest BCUT2D eigenvalue weighted by molar-refractivity contribution is -0.137. The van der Waals surface area contributed by atoms with E-state index in [1.54, 1.807) is 40.0 Å². The van der Waals surface area contributed by atoms with Crippen LogP contribution in [-0.4, -0.2) is 105 Å². The molecule has 0 saturated carbocycles. The minimum Gasteiger partial charge on any atom is -0.453 e. The summed E-state index contributed by atoms with van der Waals surface area (Å²) in [5, 5.41) is 5.57. The minimum atomic E-state index is -0.813. The van der Waals surface area contributed by atoms with E-state index in [4.69, 9.17) is 9.47 Å². The fraction of sp³-hybridized carbons (Fsp3) is 0.476. The number of nitrogens with zero attached hydrogens (tertiary/aromatic N) is 4. The van der Waals surface area contributed by atoms with E-state index in [1.165, 1.54) is 20.3 Å². The van der Waals surface area contributed by atoms with Crippen molar-refractivity contribution in [1.29, 1.82) is 0 Å². The quantitative estimate of drug-likeness (QED) is 0.123. The first kappa shape index (κ1) is 42.2. The van der Waals surface area contributed by atoms with Gasteiger partial charge in [-0.2, -0.15) is 11.8 Å². The molecule has 2 aromatic carbocycles. The van der Waals surface area contributed by atoms with E-state index in [-0.39, 0.29) is 35.1 Å². The normalized spacial score (nSPS) is 19.2. The van der Waals surface area contributed by atoms with Crippen LogP contribution in [0.25, 0.3) is 33.6 Å². The Hall–Kier alpha value is -5.38. The maximum atomic E-state index is 15.8. The number of amides is 4. The molecule has 2 aromatic heterocycles. The molecule has 2 fully saturated rings. The van der Waals surface area contributed by atoms with Crippen molar-refractivity contribution in [1.82, 2.24) is 40.4 Å². The van der Waals surface area contributed by atoms with Crippen molar-refractivity contribution in [2.24, 2.45) is 11.3 Å². The Morgan fingerprint density at radius 1 is 0.845 bits per heavy atom. The smallest absolute Gasteiger partial charge is 0.407 e. The Labute approximate surface area is 342 Å². The Bertz CT molecular complexity index is 2110. The summed E-state index contributed by atoms with van der Waals surface area (Å²) in [6.07, 6.45) is 6.30. The van der Waals surface area contributed by atoms with Gasteiger partial charge >= 0.3 is 12.2 Å². The second-order valence-electron chi connectivity index (χ2n) is 16.2. The highest BCUT2D eigenvalue weighted by Gasteiger charge is 2.44. The molecule has 0 spiro atoms. The van der Waals surface area contributed by atoms with Crippen LogP contribution in [0, 0.1) is 17.2 Å². The molecule has 0 aliphatic carbocycles. The van der Waals surface area contributed by atoms with Gasteiger partial charge in [-0.25, -0.2) is 23.9 Å². The van der Waals surface area contributed by atoms with E-state index in [9.17, 15) is 19.2 Å². The van der Waals surface area contributed by atoms with Crippen molar-refractivity contribution in [3.05, 3.63) is 72.3 Å². The van der Waals surface area contributed by atoms with Crippen molar-refractivity contribution in [3.8, 4) is 33.6 Å². The highest BCUT2D eigenvalue weighted by atomic mass is 32.2. The minimum absolute atomic E-state index is 0.135. The SMILES string of the molecule is COC(=O)NC(C(=O)N1CCCC1c1ncc(-c2ccc(-c3ccc(-c4cnc(C5CC(SC)CN5C(=O)C(NC(=O)OC)C(C)(C)C)[nH]4)cc3F)cc2)[nH]1)C(C)C. The number of aromatic amines is 2. The average molecular weight is 817 g/mol. The maximum absolute atomic E-state index is 15.8. The van der Waals surface area contributed by atoms with Crippen LogP contribution >= 0.6 is 11.8 Å². The zero-order chi connectivity index (χ0) is 41.9. The summed E-state index contributed by atoms with van der Waals surface area (Å²) in [6, 6.07) is 10.4. The zero-order valence-electron chi connectivity index (χ0n) is 34.2. The molecule has 58 heavy (non-hydrogen) atoms. The van der Waals surface area contributed by atoms with E-state index >= 15 is 4.39 Å². The van der Waals surface area contributed by atoms with Gasteiger partial charge in [0, 0.05) is 29.5 Å². The van der Waals surface area contributed by atoms with Crippen molar-refractivity contribution in [3.63, 3.8) is 0 Å². The predicted octanol–water partition coefficient (Wildman–Crippen LogP) is 7.09. The van der Waals surface area contributed by atoms with Crippen LogP contribution in [0.1, 0.15) is 77.6 Å². The monoisotopic (exact) mass is 816 g/mol. The second kappa shape index (κ2) is 17.6. The summed E-state index contributed by atoms with van der Waals surface area (Å²) in [6.45, 7) is 10.5. The van der Waals surface area contributed by atoms with E-state index in [2.05, 4.69) is 30.6 Å². The first-order chi connectivity index (χ1) is 27.6. The Balaban J connectivity index is 1.15. The summed E-state index contributed by atoms with van der Waals surface area (Å²) in [7, 11) is 2.54. The topological polar surface area (TPSA) is 175 Å². The number of nitrogens with one attached hydrogen (secondary N) is 4. The molecule has 2 aliphatic heterocycles. The van der Waals surface area contributed by atoms with Gasteiger partial charge in [-0.15, -0.1) is 0 Å². The molecule has 4 N–H and O–H groups in total. The van der Waals surface area contributed by atoms with E-state index < -0.39 is 35.5 Å². The molecule has 310 valence electrons. The lowest BCUT2D eigenvalue weighted by Gasteiger charge is -2.35. The van der Waals surface area contributed by atoms with Gasteiger partial charge in [0.15, 0.2) is 0 Å². The molecule has 2 aliphatic rings. The molecular weight excluding hydrogens is 764 g/mol. The number of rotatable bonds is 11. The summed E-state index contributed by atoms with van der Waals surface area (Å²) in [5.74, 6) is 0.323. The number of benzene rings is 2. The number of carbonyl (C=O) groups is 4. The molecule has 5 atom stereocenters. The number of methoxy groups -OCH3 is 2. The molecule has 6 rings (SSSR count). The number of carbonyl (C=O) groups excluding carboxylic acids is 4. The van der Waals surface area contributed by atoms with Crippen LogP contribution in [0.5, 0.6) is 0 Å². The summed E-state index contributed by atoms with van der Waals surface area (Å²) < 4.78 is 25.4. The number of thioether (sulfide) groups is 1. The third kappa shape index (κ3) is 9.01. The third-order valence-corrected chi connectivity index (χ3v) is 12.0. The molecule has 0 radical (unpaired) electrons. The van der Waals surface area contributed by atoms with Crippen LogP contribution in [-0.2, 0) is 19.1 Å². The van der Waals surface area contributed by atoms with Crippen molar-refractivity contribution < 1.29 is 33.0 Å². The van der Waals surface area contributed by atoms with Gasteiger partial charge in [0.25, 0.3) is 0 Å². The van der Waals surface area contributed by atoms with Gasteiger partial charge in [-0.05, 0) is 54.0 Å². The number of aromatic nitrogens is 4. The summed E-state index contributed by atoms with van der Waals surface area (Å²) >= 11 is 1.68. The number of hydrogen-bond donors (Lipinski definition) is 4. The third-order valence-electron chi connectivity index (χ3n) is 11.0. The Morgan fingerprint density at radius 2 is 1.43 bits per heavy atom. The largest absolute Gasteiger partial charge is 0.453 e. The fourth-order valence-corrected chi connectivity index (χ4v) is 8.39. The first-order valence-corrected chi connectivity index (χ1v) is 20.8. The van der Waals surface area contributed by atoms with E-state index in [0.29, 0.717) is 53.5 Å². The number of ether oxygens (including phenoxy) is 2. The molecule has 4 amide bonds. The maximum Gasteiger partial charge on any atom is 0.407 e. The molecule has 0 bridgehead atoms. The van der Waals surface area contributed by atoms with Gasteiger partial charge in [0.1, 0.15) is 29.5 Å². The molecule has 16 heteroatoms. The fourth-order valence-electron chi connectivity index (χ4n) is 7.71. The van der Waals surface area contributed by atoms with Crippen molar-refractivity contribution in [2.75, 3.05) is 33.6 Å². The van der Waals surface area contributed by atoms with E-state index in [1.807, 2.05) is 71.2 Å². The zero-order valence-corrected chi connectivity index (χ0v) is 35.0. The van der Waals surface area contributed by atoms with Crippen LogP contribution < -0.4 is 10.6 Å². The highest BCUT2D eigenvalue weighted by molar-refractivity contribution is 7.99. The average Bonchev–Trinajstić information content (AvgIpc) is 4.04. The van der Waals surface area contributed by atoms with Crippen LogP contribution in [0.15, 0.2) is 54.9 Å². The highest BCUT2D eigenvalue weighted by Crippen LogP contribution is 2.39. The van der Waals surface area contributed by atoms with Gasteiger partial charge in [-0.3, -0.25) is 9.59 Å². The number of alkyl carbamates (subject to hydrolysis) is 2. The van der Waals surface area contributed by atoms with Crippen molar-refractivity contribution >= 4 is 35.8 Å². The second-order valence-corrected chi connectivity index (χ2v) is 17.4. The molecule has 4 heterocycles. The number of halogens is 1. The number of likely N-dealkylation sites (tertiary alicyclic amines) is 2. The van der Waals surface area contributed by atoms with Crippen LogP contribution in [0.3, 0.4) is 0 Å². The van der Waals surface area contributed by atoms with Crippen LogP contribution in [0.2, 0.25) is 0 Å². The van der Waals surface area contributed by atoms with Gasteiger partial charge in [0.2, 0.25) is 11.8 Å². The van der Waals surface area contributed by atoms with Crippen LogP contribution in [0.4, 0.5) is 14.0 Å². The van der Waals surface area contributed by atoms with Gasteiger partial charge in [0.05, 0.1) is 50.1 Å². The number of hydrogen-bond acceptors (Lipinski definition) is 9. The summed E-state index contributed by atoms with van der Waals surface area (Å²) in [4.78, 5) is 71.2. The standard InChI is InChI=1S/C42H53FN8O6S/c1-23(2)34(48-40(54)56-6)38(52)50-17-9-10-32(50)36-44-20-30(46-36)25-13-11-24(12-14-25)28-16-15-26(18-29(28)43)31-21-45-37(47-31)33-19-27(58-8)22-51(33)39(53)35(42(3,4)5)49-41(55)57-7/h11-16,18,20-21,23,27,32-35H,9-10,17,19,22H2,1-8H3,(H,44,46)(H,45,47)(H,48,54)(H,49,55). The van der Waals surface area contributed by atoms with Crippen molar-refractivity contribution in [2.45, 2.75) is 83.3 Å². The van der Waals surface area contributed by atoms with Gasteiger partial charge in [-0.1, -0.05) is 71.0 Å². The molecule has 5 unspecified atom stereocenters. The summed E-state index contributed by atoms with van der Waals surface area (Å²) in [5.41, 5.74) is 3.40. The van der Waals surface area contributed by atoms with E-state index in [0.717, 1.165) is 24.1 Å². The number of imidazole rings is 2.